The van der Waals surface area contributed by atoms with Crippen LogP contribution in [-0.4, -0.2) is 12.6 Å². The normalized spacial score (nSPS) is 9.47. The molecule has 0 aliphatic rings. The summed E-state index contributed by atoms with van der Waals surface area (Å²) in [6, 6.07) is 5.17. The minimum atomic E-state index is -0.556. The van der Waals surface area contributed by atoms with Gasteiger partial charge in [0.1, 0.15) is 6.07 Å². The number of esters is 1. The Balaban J connectivity index is 3.28. The number of nitriles is 1. The van der Waals surface area contributed by atoms with Crippen LogP contribution in [0.15, 0.2) is 12.1 Å². The summed E-state index contributed by atoms with van der Waals surface area (Å²) in [6.07, 6.45) is 0. The Morgan fingerprint density at radius 2 is 2.27 bits per heavy atom. The summed E-state index contributed by atoms with van der Waals surface area (Å²) in [6.45, 7) is 3.77. The van der Waals surface area contributed by atoms with E-state index in [-0.39, 0.29) is 22.8 Å². The average molecular weight is 224 g/mol. The molecule has 0 radical (unpaired) electrons. The molecule has 0 bridgehead atoms. The van der Waals surface area contributed by atoms with Gasteiger partial charge in [-0.05, 0) is 31.5 Å². The number of ether oxygens (including phenoxy) is 1. The molecule has 0 amide bonds. The number of halogens is 1. The van der Waals surface area contributed by atoms with Gasteiger partial charge in [-0.1, -0.05) is 11.6 Å². The molecule has 0 aliphatic heterocycles. The Morgan fingerprint density at radius 3 is 2.80 bits per heavy atom. The highest BCUT2D eigenvalue weighted by Gasteiger charge is 2.17. The molecule has 0 saturated heterocycles. The van der Waals surface area contributed by atoms with Crippen LogP contribution >= 0.6 is 11.6 Å². The third-order valence-corrected chi connectivity index (χ3v) is 2.13. The molecule has 78 valence electrons. The van der Waals surface area contributed by atoms with Crippen LogP contribution in [0.2, 0.25) is 5.02 Å². The lowest BCUT2D eigenvalue weighted by Crippen LogP contribution is -2.08. The quantitative estimate of drug-likeness (QED) is 0.725. The number of hydrogen-bond donors (Lipinski definition) is 0. The van der Waals surface area contributed by atoms with Crippen molar-refractivity contribution in [3.05, 3.63) is 33.8 Å². The second kappa shape index (κ2) is 4.81. The van der Waals surface area contributed by atoms with Gasteiger partial charge in [-0.15, -0.1) is 0 Å². The third kappa shape index (κ3) is 2.48. The summed E-state index contributed by atoms with van der Waals surface area (Å²) in [5.74, 6) is -0.556. The lowest BCUT2D eigenvalue weighted by molar-refractivity contribution is 0.0526. The van der Waals surface area contributed by atoms with E-state index in [9.17, 15) is 4.79 Å². The van der Waals surface area contributed by atoms with Gasteiger partial charge in [0, 0.05) is 0 Å². The fraction of sp³-hybridized carbons (Fsp3) is 0.273. The van der Waals surface area contributed by atoms with Crippen molar-refractivity contribution in [1.29, 1.82) is 5.26 Å². The number of aryl methyl sites for hydroxylation is 1. The predicted molar refractivity (Wildman–Crippen MR) is 56.9 cm³/mol. The van der Waals surface area contributed by atoms with E-state index in [1.807, 2.05) is 13.0 Å². The van der Waals surface area contributed by atoms with Gasteiger partial charge in [0.25, 0.3) is 0 Å². The Bertz CT molecular complexity index is 435. The Labute approximate surface area is 93.2 Å². The highest BCUT2D eigenvalue weighted by Crippen LogP contribution is 2.22. The zero-order chi connectivity index (χ0) is 11.4. The second-order valence-corrected chi connectivity index (χ2v) is 3.41. The number of carbonyl (C=O) groups is 1. The summed E-state index contributed by atoms with van der Waals surface area (Å²) in [5.41, 5.74) is 1.23. The van der Waals surface area contributed by atoms with E-state index in [2.05, 4.69) is 0 Å². The van der Waals surface area contributed by atoms with Gasteiger partial charge in [0.2, 0.25) is 0 Å². The van der Waals surface area contributed by atoms with Gasteiger partial charge in [-0.2, -0.15) is 5.26 Å². The molecular weight excluding hydrogens is 214 g/mol. The molecular formula is C11H10ClNO2. The fourth-order valence-corrected chi connectivity index (χ4v) is 1.59. The van der Waals surface area contributed by atoms with Crippen molar-refractivity contribution in [3.8, 4) is 6.07 Å². The van der Waals surface area contributed by atoms with Crippen LogP contribution in [0.4, 0.5) is 0 Å². The van der Waals surface area contributed by atoms with E-state index in [0.29, 0.717) is 0 Å². The maximum Gasteiger partial charge on any atom is 0.340 e. The maximum absolute atomic E-state index is 11.5. The second-order valence-electron chi connectivity index (χ2n) is 3.00. The highest BCUT2D eigenvalue weighted by atomic mass is 35.5. The first-order valence-corrected chi connectivity index (χ1v) is 4.85. The van der Waals surface area contributed by atoms with Crippen LogP contribution in [0.3, 0.4) is 0 Å². The molecule has 0 spiro atoms. The molecule has 1 aromatic carbocycles. The number of benzene rings is 1. The van der Waals surface area contributed by atoms with E-state index in [0.717, 1.165) is 5.56 Å². The van der Waals surface area contributed by atoms with Crippen LogP contribution in [0.5, 0.6) is 0 Å². The molecule has 0 saturated carbocycles. The first-order chi connectivity index (χ1) is 7.10. The topological polar surface area (TPSA) is 50.1 Å². The van der Waals surface area contributed by atoms with Crippen molar-refractivity contribution < 1.29 is 9.53 Å². The molecule has 0 heterocycles. The van der Waals surface area contributed by atoms with Crippen molar-refractivity contribution >= 4 is 17.6 Å². The third-order valence-electron chi connectivity index (χ3n) is 1.83. The van der Waals surface area contributed by atoms with Crippen molar-refractivity contribution in [2.24, 2.45) is 0 Å². The van der Waals surface area contributed by atoms with E-state index in [4.69, 9.17) is 21.6 Å². The standard InChI is InChI=1S/C11H10ClNO2/c1-3-15-11(14)10-8(6-13)4-7(2)5-9(10)12/h4-5H,3H2,1-2H3. The SMILES string of the molecule is CCOC(=O)c1c(Cl)cc(C)cc1C#N. The van der Waals surface area contributed by atoms with E-state index < -0.39 is 5.97 Å². The number of rotatable bonds is 2. The van der Waals surface area contributed by atoms with Gasteiger partial charge in [0.05, 0.1) is 22.8 Å². The van der Waals surface area contributed by atoms with Crippen LogP contribution in [0.1, 0.15) is 28.4 Å². The zero-order valence-corrected chi connectivity index (χ0v) is 9.26. The van der Waals surface area contributed by atoms with E-state index in [1.165, 1.54) is 0 Å². The van der Waals surface area contributed by atoms with Gasteiger partial charge in [-0.3, -0.25) is 0 Å². The van der Waals surface area contributed by atoms with E-state index >= 15 is 0 Å². The molecule has 1 rings (SSSR count). The van der Waals surface area contributed by atoms with Crippen LogP contribution in [0, 0.1) is 18.3 Å². The zero-order valence-electron chi connectivity index (χ0n) is 8.50. The smallest absolute Gasteiger partial charge is 0.340 e. The minimum absolute atomic E-state index is 0.145. The first-order valence-electron chi connectivity index (χ1n) is 4.47. The monoisotopic (exact) mass is 223 g/mol. The molecule has 4 heteroatoms. The Hall–Kier alpha value is -1.53. The summed E-state index contributed by atoms with van der Waals surface area (Å²) >= 11 is 5.89. The van der Waals surface area contributed by atoms with Gasteiger partial charge >= 0.3 is 5.97 Å². The average Bonchev–Trinajstić information content (AvgIpc) is 2.16. The number of hydrogen-bond acceptors (Lipinski definition) is 3. The Morgan fingerprint density at radius 1 is 1.60 bits per heavy atom. The summed E-state index contributed by atoms with van der Waals surface area (Å²) in [7, 11) is 0. The molecule has 3 nitrogen and oxygen atoms in total. The van der Waals surface area contributed by atoms with Crippen molar-refractivity contribution in [2.75, 3.05) is 6.61 Å². The van der Waals surface area contributed by atoms with Crippen molar-refractivity contribution in [1.82, 2.24) is 0 Å². The molecule has 0 aromatic heterocycles. The minimum Gasteiger partial charge on any atom is -0.462 e. The molecule has 0 unspecified atom stereocenters. The Kier molecular flexibility index (Phi) is 3.70. The molecule has 1 aromatic rings. The molecule has 0 N–H and O–H groups in total. The van der Waals surface area contributed by atoms with Crippen molar-refractivity contribution in [2.45, 2.75) is 13.8 Å². The van der Waals surface area contributed by atoms with Gasteiger partial charge in [-0.25, -0.2) is 4.79 Å². The molecule has 15 heavy (non-hydrogen) atoms. The van der Waals surface area contributed by atoms with E-state index in [1.54, 1.807) is 19.1 Å². The summed E-state index contributed by atoms with van der Waals surface area (Å²) in [5, 5.41) is 9.12. The number of nitrogens with zero attached hydrogens (tertiary/aromatic N) is 1. The highest BCUT2D eigenvalue weighted by molar-refractivity contribution is 6.34. The molecule has 0 aliphatic carbocycles. The molecule has 0 fully saturated rings. The lowest BCUT2D eigenvalue weighted by Gasteiger charge is -2.06. The summed E-state index contributed by atoms with van der Waals surface area (Å²) in [4.78, 5) is 11.5. The largest absolute Gasteiger partial charge is 0.462 e. The van der Waals surface area contributed by atoms with Crippen molar-refractivity contribution in [3.63, 3.8) is 0 Å². The number of carbonyl (C=O) groups excluding carboxylic acids is 1. The lowest BCUT2D eigenvalue weighted by atomic mass is 10.1. The fourth-order valence-electron chi connectivity index (χ4n) is 1.24. The van der Waals surface area contributed by atoms with Gasteiger partial charge < -0.3 is 4.74 Å². The first kappa shape index (κ1) is 11.5. The van der Waals surface area contributed by atoms with Crippen LogP contribution in [0.25, 0.3) is 0 Å². The van der Waals surface area contributed by atoms with Crippen LogP contribution < -0.4 is 0 Å². The predicted octanol–water partition coefficient (Wildman–Crippen LogP) is 2.70. The molecule has 0 atom stereocenters. The van der Waals surface area contributed by atoms with Gasteiger partial charge in [0.15, 0.2) is 0 Å². The maximum atomic E-state index is 11.5. The van der Waals surface area contributed by atoms with Crippen LogP contribution in [-0.2, 0) is 4.74 Å². The summed E-state index contributed by atoms with van der Waals surface area (Å²) < 4.78 is 4.82.